The molecule has 0 spiro atoms. The molecule has 72 valence electrons. The monoisotopic (exact) mass is 259 g/mol. The van der Waals surface area contributed by atoms with Crippen LogP contribution in [0, 0.1) is 6.92 Å². The average molecular weight is 260 g/mol. The molecule has 1 aromatic heterocycles. The summed E-state index contributed by atoms with van der Waals surface area (Å²) in [7, 11) is 0. The quantitative estimate of drug-likeness (QED) is 0.817. The molecule has 2 rings (SSSR count). The molecular formula is C10H14BrNS. The van der Waals surface area contributed by atoms with Gasteiger partial charge in [-0.05, 0) is 53.9 Å². The first-order valence-corrected chi connectivity index (χ1v) is 6.35. The molecule has 1 aliphatic heterocycles. The Kier molecular flexibility index (Phi) is 3.06. The summed E-state index contributed by atoms with van der Waals surface area (Å²) < 4.78 is 1.27. The second-order valence-electron chi connectivity index (χ2n) is 3.64. The molecule has 1 unspecified atom stereocenters. The summed E-state index contributed by atoms with van der Waals surface area (Å²) in [5.74, 6) is 0.755. The largest absolute Gasteiger partial charge is 0.316 e. The predicted molar refractivity (Wildman–Crippen MR) is 61.6 cm³/mol. The van der Waals surface area contributed by atoms with Gasteiger partial charge in [0.15, 0.2) is 0 Å². The van der Waals surface area contributed by atoms with E-state index in [1.54, 1.807) is 4.88 Å². The van der Waals surface area contributed by atoms with Crippen molar-refractivity contribution >= 4 is 27.3 Å². The van der Waals surface area contributed by atoms with Crippen LogP contribution in [-0.4, -0.2) is 13.1 Å². The molecule has 2 heterocycles. The molecular weight excluding hydrogens is 246 g/mol. The molecule has 1 fully saturated rings. The second kappa shape index (κ2) is 4.11. The molecule has 1 aliphatic rings. The maximum atomic E-state index is 3.55. The van der Waals surface area contributed by atoms with Crippen molar-refractivity contribution in [3.8, 4) is 0 Å². The van der Waals surface area contributed by atoms with Crippen LogP contribution >= 0.6 is 27.3 Å². The SMILES string of the molecule is Cc1cc(Br)sc1C1CCCNC1. The fraction of sp³-hybridized carbons (Fsp3) is 0.600. The number of hydrogen-bond donors (Lipinski definition) is 1. The molecule has 3 heteroatoms. The van der Waals surface area contributed by atoms with Crippen LogP contribution in [0.5, 0.6) is 0 Å². The first-order valence-electron chi connectivity index (χ1n) is 4.74. The van der Waals surface area contributed by atoms with E-state index in [4.69, 9.17) is 0 Å². The third-order valence-corrected chi connectivity index (χ3v) is 4.50. The topological polar surface area (TPSA) is 12.0 Å². The van der Waals surface area contributed by atoms with Crippen LogP contribution in [0.25, 0.3) is 0 Å². The van der Waals surface area contributed by atoms with E-state index in [-0.39, 0.29) is 0 Å². The number of hydrogen-bond acceptors (Lipinski definition) is 2. The normalized spacial score (nSPS) is 23.4. The van der Waals surface area contributed by atoms with Crippen molar-refractivity contribution in [3.05, 3.63) is 20.3 Å². The van der Waals surface area contributed by atoms with Crippen molar-refractivity contribution < 1.29 is 0 Å². The number of thiophene rings is 1. The Balaban J connectivity index is 2.18. The van der Waals surface area contributed by atoms with E-state index in [1.807, 2.05) is 11.3 Å². The van der Waals surface area contributed by atoms with Crippen LogP contribution in [-0.2, 0) is 0 Å². The van der Waals surface area contributed by atoms with Gasteiger partial charge in [0.1, 0.15) is 0 Å². The lowest BCUT2D eigenvalue weighted by molar-refractivity contribution is 0.465. The maximum Gasteiger partial charge on any atom is 0.0704 e. The second-order valence-corrected chi connectivity index (χ2v) is 6.10. The zero-order valence-corrected chi connectivity index (χ0v) is 10.2. The summed E-state index contributed by atoms with van der Waals surface area (Å²) in [5.41, 5.74) is 1.45. The summed E-state index contributed by atoms with van der Waals surface area (Å²) in [6, 6.07) is 2.23. The van der Waals surface area contributed by atoms with Crippen LogP contribution < -0.4 is 5.32 Å². The van der Waals surface area contributed by atoms with Crippen molar-refractivity contribution in [2.45, 2.75) is 25.7 Å². The summed E-state index contributed by atoms with van der Waals surface area (Å²) in [4.78, 5) is 1.57. The highest BCUT2D eigenvalue weighted by molar-refractivity contribution is 9.11. The molecule has 1 N–H and O–H groups in total. The van der Waals surface area contributed by atoms with E-state index in [9.17, 15) is 0 Å². The van der Waals surface area contributed by atoms with Gasteiger partial charge >= 0.3 is 0 Å². The number of piperidine rings is 1. The maximum absolute atomic E-state index is 3.55. The van der Waals surface area contributed by atoms with Crippen LogP contribution in [0.15, 0.2) is 9.85 Å². The summed E-state index contributed by atoms with van der Waals surface area (Å²) >= 11 is 5.45. The molecule has 0 aromatic carbocycles. The van der Waals surface area contributed by atoms with Crippen LogP contribution in [0.4, 0.5) is 0 Å². The van der Waals surface area contributed by atoms with Gasteiger partial charge in [0.05, 0.1) is 3.79 Å². The van der Waals surface area contributed by atoms with Crippen molar-refractivity contribution in [1.29, 1.82) is 0 Å². The van der Waals surface area contributed by atoms with E-state index in [1.165, 1.54) is 28.7 Å². The molecule has 0 amide bonds. The van der Waals surface area contributed by atoms with Crippen LogP contribution in [0.1, 0.15) is 29.2 Å². The Labute approximate surface area is 91.7 Å². The summed E-state index contributed by atoms with van der Waals surface area (Å²) in [6.45, 7) is 4.57. The lowest BCUT2D eigenvalue weighted by atomic mass is 9.96. The van der Waals surface area contributed by atoms with Crippen molar-refractivity contribution in [2.75, 3.05) is 13.1 Å². The molecule has 1 aromatic rings. The van der Waals surface area contributed by atoms with E-state index < -0.39 is 0 Å². The van der Waals surface area contributed by atoms with Gasteiger partial charge in [-0.15, -0.1) is 11.3 Å². The third kappa shape index (κ3) is 2.14. The van der Waals surface area contributed by atoms with Crippen LogP contribution in [0.2, 0.25) is 0 Å². The molecule has 0 aliphatic carbocycles. The highest BCUT2D eigenvalue weighted by Crippen LogP contribution is 2.35. The van der Waals surface area contributed by atoms with E-state index in [0.717, 1.165) is 12.5 Å². The highest BCUT2D eigenvalue weighted by atomic mass is 79.9. The van der Waals surface area contributed by atoms with Gasteiger partial charge in [-0.2, -0.15) is 0 Å². The van der Waals surface area contributed by atoms with Gasteiger partial charge in [-0.25, -0.2) is 0 Å². The number of nitrogens with one attached hydrogen (secondary N) is 1. The fourth-order valence-corrected chi connectivity index (χ4v) is 3.84. The first kappa shape index (κ1) is 9.69. The lowest BCUT2D eigenvalue weighted by Crippen LogP contribution is -2.28. The Morgan fingerprint density at radius 1 is 1.62 bits per heavy atom. The summed E-state index contributed by atoms with van der Waals surface area (Å²) in [5, 5.41) is 3.46. The average Bonchev–Trinajstić information content (AvgIpc) is 2.47. The Morgan fingerprint density at radius 2 is 2.46 bits per heavy atom. The van der Waals surface area contributed by atoms with Gasteiger partial charge in [-0.3, -0.25) is 0 Å². The standard InChI is InChI=1S/C10H14BrNS/c1-7-5-9(11)13-10(7)8-3-2-4-12-6-8/h5,8,12H,2-4,6H2,1H3. The first-order chi connectivity index (χ1) is 6.27. The predicted octanol–water partition coefficient (Wildman–Crippen LogP) is 3.29. The minimum atomic E-state index is 0.755. The van der Waals surface area contributed by atoms with Gasteiger partial charge in [0.2, 0.25) is 0 Å². The van der Waals surface area contributed by atoms with Gasteiger partial charge in [-0.1, -0.05) is 0 Å². The van der Waals surface area contributed by atoms with Crippen molar-refractivity contribution in [1.82, 2.24) is 5.32 Å². The third-order valence-electron chi connectivity index (χ3n) is 2.59. The Morgan fingerprint density at radius 3 is 3.00 bits per heavy atom. The molecule has 0 saturated carbocycles. The smallest absolute Gasteiger partial charge is 0.0704 e. The van der Waals surface area contributed by atoms with Crippen molar-refractivity contribution in [3.63, 3.8) is 0 Å². The molecule has 1 atom stereocenters. The van der Waals surface area contributed by atoms with Gasteiger partial charge in [0, 0.05) is 17.3 Å². The minimum absolute atomic E-state index is 0.755. The molecule has 1 saturated heterocycles. The van der Waals surface area contributed by atoms with Crippen LogP contribution in [0.3, 0.4) is 0 Å². The number of halogens is 1. The zero-order valence-electron chi connectivity index (χ0n) is 7.77. The van der Waals surface area contributed by atoms with Gasteiger partial charge < -0.3 is 5.32 Å². The molecule has 0 radical (unpaired) electrons. The van der Waals surface area contributed by atoms with E-state index >= 15 is 0 Å². The molecule has 13 heavy (non-hydrogen) atoms. The highest BCUT2D eigenvalue weighted by Gasteiger charge is 2.18. The molecule has 1 nitrogen and oxygen atoms in total. The van der Waals surface area contributed by atoms with E-state index in [2.05, 4.69) is 34.2 Å². The minimum Gasteiger partial charge on any atom is -0.316 e. The number of aryl methyl sites for hydroxylation is 1. The number of rotatable bonds is 1. The van der Waals surface area contributed by atoms with E-state index in [0.29, 0.717) is 0 Å². The fourth-order valence-electron chi connectivity index (χ4n) is 1.94. The lowest BCUT2D eigenvalue weighted by Gasteiger charge is -2.22. The Hall–Kier alpha value is 0.140. The van der Waals surface area contributed by atoms with Crippen molar-refractivity contribution in [2.24, 2.45) is 0 Å². The Bertz CT molecular complexity index is 289. The molecule has 0 bridgehead atoms. The zero-order chi connectivity index (χ0) is 9.26. The van der Waals surface area contributed by atoms with Gasteiger partial charge in [0.25, 0.3) is 0 Å². The summed E-state index contributed by atoms with van der Waals surface area (Å²) in [6.07, 6.45) is 2.67.